The summed E-state index contributed by atoms with van der Waals surface area (Å²) in [6.07, 6.45) is 33.2. The Morgan fingerprint density at radius 1 is 0.467 bits per heavy atom. The van der Waals surface area contributed by atoms with Crippen molar-refractivity contribution in [2.75, 3.05) is 65.9 Å². The minimum atomic E-state index is -0.339. The van der Waals surface area contributed by atoms with Crippen LogP contribution < -0.4 is 0 Å². The first-order valence-electron chi connectivity index (χ1n) is 32.5. The van der Waals surface area contributed by atoms with Crippen LogP contribution in [0, 0.1) is 76.9 Å². The lowest BCUT2D eigenvalue weighted by atomic mass is 9.99. The smallest absolute Gasteiger partial charge is 0.305 e. The molecular formula is C65H119NO9. The van der Waals surface area contributed by atoms with Crippen LogP contribution in [0.5, 0.6) is 0 Å². The van der Waals surface area contributed by atoms with E-state index in [-0.39, 0.29) is 31.1 Å². The highest BCUT2D eigenvalue weighted by Gasteiger charge is 2.44. The summed E-state index contributed by atoms with van der Waals surface area (Å²) in [5.41, 5.74) is 0. The highest BCUT2D eigenvalue weighted by atomic mass is 16.7. The Kier molecular flexibility index (Phi) is 32.3. The molecule has 0 aromatic carbocycles. The number of aliphatic hydroxyl groups excluding tert-OH is 1. The summed E-state index contributed by atoms with van der Waals surface area (Å²) in [6.45, 7) is 23.5. The van der Waals surface area contributed by atoms with Gasteiger partial charge in [0.05, 0.1) is 39.3 Å². The maximum atomic E-state index is 12.9. The first-order chi connectivity index (χ1) is 36.4. The number of carbonyl (C=O) groups excluding carboxylic acids is 2. The highest BCUT2D eigenvalue weighted by molar-refractivity contribution is 5.69. The molecule has 0 amide bonds. The second-order valence-electron chi connectivity index (χ2n) is 26.2. The fraction of sp³-hybridized carbons (Fsp3) is 0.969. The van der Waals surface area contributed by atoms with Gasteiger partial charge in [0, 0.05) is 32.7 Å². The summed E-state index contributed by atoms with van der Waals surface area (Å²) in [4.78, 5) is 28.2. The average Bonchev–Trinajstić information content (AvgIpc) is 4.10. The fourth-order valence-corrected chi connectivity index (χ4v) is 12.5. The van der Waals surface area contributed by atoms with E-state index in [0.717, 1.165) is 181 Å². The molecule has 5 aliphatic rings. The lowest BCUT2D eigenvalue weighted by molar-refractivity contribution is -0.160. The van der Waals surface area contributed by atoms with Gasteiger partial charge in [-0.2, -0.15) is 0 Å². The monoisotopic (exact) mass is 1060 g/mol. The molecule has 438 valence electrons. The third-order valence-corrected chi connectivity index (χ3v) is 18.8. The molecule has 14 atom stereocenters. The second kappa shape index (κ2) is 37.6. The molecular weight excluding hydrogens is 939 g/mol. The maximum Gasteiger partial charge on any atom is 0.305 e. The van der Waals surface area contributed by atoms with Crippen LogP contribution in [0.2, 0.25) is 0 Å². The van der Waals surface area contributed by atoms with Crippen LogP contribution in [0.15, 0.2) is 0 Å². The highest BCUT2D eigenvalue weighted by Crippen LogP contribution is 2.54. The van der Waals surface area contributed by atoms with Crippen LogP contribution in [0.3, 0.4) is 0 Å². The van der Waals surface area contributed by atoms with Crippen LogP contribution in [0.25, 0.3) is 0 Å². The van der Waals surface area contributed by atoms with Crippen LogP contribution in [-0.2, 0) is 38.0 Å². The van der Waals surface area contributed by atoms with Gasteiger partial charge in [-0.3, -0.25) is 9.59 Å². The topological polar surface area (TPSA) is 113 Å². The van der Waals surface area contributed by atoms with Gasteiger partial charge in [0.2, 0.25) is 0 Å². The van der Waals surface area contributed by atoms with E-state index in [4.69, 9.17) is 28.4 Å². The Bertz CT molecular complexity index is 1470. The van der Waals surface area contributed by atoms with Crippen LogP contribution in [0.4, 0.5) is 0 Å². The van der Waals surface area contributed by atoms with Crippen molar-refractivity contribution in [1.29, 1.82) is 0 Å². The Morgan fingerprint density at radius 2 is 0.893 bits per heavy atom. The van der Waals surface area contributed by atoms with Gasteiger partial charge in [-0.1, -0.05) is 99.8 Å². The molecule has 0 aromatic rings. The molecule has 0 spiro atoms. The van der Waals surface area contributed by atoms with Crippen molar-refractivity contribution < 1.29 is 43.1 Å². The van der Waals surface area contributed by atoms with Gasteiger partial charge in [-0.15, -0.1) is 0 Å². The van der Waals surface area contributed by atoms with E-state index in [1.807, 2.05) is 0 Å². The molecule has 75 heavy (non-hydrogen) atoms. The number of ether oxygens (including phenoxy) is 6. The molecule has 1 N–H and O–H groups in total. The Hall–Kier alpha value is -1.30. The largest absolute Gasteiger partial charge is 0.466 e. The van der Waals surface area contributed by atoms with Gasteiger partial charge >= 0.3 is 11.9 Å². The molecule has 0 saturated heterocycles. The van der Waals surface area contributed by atoms with Gasteiger partial charge in [-0.05, 0) is 219 Å². The predicted molar refractivity (Wildman–Crippen MR) is 305 cm³/mol. The quantitative estimate of drug-likeness (QED) is 0.0359. The Morgan fingerprint density at radius 3 is 1.39 bits per heavy atom. The van der Waals surface area contributed by atoms with Crippen molar-refractivity contribution in [2.45, 2.75) is 260 Å². The summed E-state index contributed by atoms with van der Waals surface area (Å²) in [5, 5.41) is 9.43. The van der Waals surface area contributed by atoms with Crippen LogP contribution in [-0.4, -0.2) is 100 Å². The molecule has 0 aliphatic heterocycles. The van der Waals surface area contributed by atoms with E-state index < -0.39 is 0 Å². The molecule has 5 saturated carbocycles. The summed E-state index contributed by atoms with van der Waals surface area (Å²) in [5.74, 6) is 10.9. The van der Waals surface area contributed by atoms with Crippen molar-refractivity contribution in [3.63, 3.8) is 0 Å². The van der Waals surface area contributed by atoms with E-state index in [1.54, 1.807) is 0 Å². The first-order valence-corrected chi connectivity index (χ1v) is 32.5. The van der Waals surface area contributed by atoms with Crippen molar-refractivity contribution in [3.05, 3.63) is 0 Å². The molecule has 5 aliphatic carbocycles. The fourth-order valence-electron chi connectivity index (χ4n) is 12.5. The van der Waals surface area contributed by atoms with Crippen LogP contribution >= 0.6 is 0 Å². The minimum absolute atomic E-state index is 0.140. The number of hydrogen-bond acceptors (Lipinski definition) is 10. The standard InChI is InChI=1S/C65H119NO9/c1-8-53-44-56(53)23-21-51(6)29-39-73-65(75-41-31-58-47-61(58)48-60-45-54(60)9-2)27-25-63(69)71-37-19-13-11-15-33-66(34-16-17-35-67)32-14-10-12-18-36-70-62(68)24-26-64(74-40-30-57-46-59(57)42-49(3)4)72-38-28-50(5)20-22-55-43-52(55)7/h49-61,64-65,67H,8-48H2,1-7H3. The van der Waals surface area contributed by atoms with E-state index in [1.165, 1.54) is 83.5 Å². The third-order valence-electron chi connectivity index (χ3n) is 18.8. The van der Waals surface area contributed by atoms with Crippen LogP contribution in [0.1, 0.15) is 248 Å². The zero-order chi connectivity index (χ0) is 53.6. The SMILES string of the molecule is CCC1CC1CCC(C)CCOC(CCC(=O)OCCCCCCN(CCCCO)CCCCCCOC(=O)CCC(OCCC(C)CCC1CC1C)OCCC1CC1CC(C)C)OCCC1CC1CC1CC1CC. The summed E-state index contributed by atoms with van der Waals surface area (Å²) < 4.78 is 36.6. The molecule has 10 nitrogen and oxygen atoms in total. The number of nitrogens with zero attached hydrogens (tertiary/aromatic N) is 1. The van der Waals surface area contributed by atoms with E-state index in [9.17, 15) is 14.7 Å². The minimum Gasteiger partial charge on any atom is -0.466 e. The molecule has 5 fully saturated rings. The third kappa shape index (κ3) is 30.2. The van der Waals surface area contributed by atoms with Crippen molar-refractivity contribution in [2.24, 2.45) is 76.9 Å². The normalized spacial score (nSPS) is 27.1. The summed E-state index contributed by atoms with van der Waals surface area (Å²) in [6, 6.07) is 0. The van der Waals surface area contributed by atoms with E-state index in [2.05, 4.69) is 53.4 Å². The lowest BCUT2D eigenvalue weighted by Crippen LogP contribution is -2.27. The Labute approximate surface area is 461 Å². The molecule has 0 radical (unpaired) electrons. The molecule has 10 heteroatoms. The van der Waals surface area contributed by atoms with Crippen molar-refractivity contribution in [1.82, 2.24) is 4.90 Å². The number of unbranched alkanes of at least 4 members (excludes halogenated alkanes) is 7. The average molecular weight is 1060 g/mol. The number of carbonyl (C=O) groups is 2. The summed E-state index contributed by atoms with van der Waals surface area (Å²) in [7, 11) is 0. The molecule has 0 heterocycles. The first kappa shape index (κ1) is 64.5. The van der Waals surface area contributed by atoms with Crippen molar-refractivity contribution in [3.8, 4) is 0 Å². The zero-order valence-corrected chi connectivity index (χ0v) is 49.8. The Balaban J connectivity index is 0.871. The molecule has 0 bridgehead atoms. The van der Waals surface area contributed by atoms with Gasteiger partial charge in [0.25, 0.3) is 0 Å². The van der Waals surface area contributed by atoms with E-state index >= 15 is 0 Å². The number of esters is 2. The number of aliphatic hydroxyl groups is 1. The molecule has 14 unspecified atom stereocenters. The maximum absolute atomic E-state index is 12.9. The van der Waals surface area contributed by atoms with Gasteiger partial charge < -0.3 is 38.4 Å². The molecule has 0 aromatic heterocycles. The number of hydrogen-bond donors (Lipinski definition) is 1. The van der Waals surface area contributed by atoms with Gasteiger partial charge in [0.1, 0.15) is 0 Å². The van der Waals surface area contributed by atoms with Crippen molar-refractivity contribution >= 4 is 11.9 Å². The predicted octanol–water partition coefficient (Wildman–Crippen LogP) is 15.4. The number of rotatable bonds is 52. The zero-order valence-electron chi connectivity index (χ0n) is 49.8. The summed E-state index contributed by atoms with van der Waals surface area (Å²) >= 11 is 0. The molecule has 5 rings (SSSR count). The lowest BCUT2D eigenvalue weighted by Gasteiger charge is -2.22. The van der Waals surface area contributed by atoms with E-state index in [0.29, 0.717) is 70.6 Å². The van der Waals surface area contributed by atoms with Gasteiger partial charge in [-0.25, -0.2) is 0 Å². The second-order valence-corrected chi connectivity index (χ2v) is 26.2. The van der Waals surface area contributed by atoms with Gasteiger partial charge in [0.15, 0.2) is 12.6 Å².